The second-order valence-electron chi connectivity index (χ2n) is 3.86. The number of benzene rings is 1. The summed E-state index contributed by atoms with van der Waals surface area (Å²) in [6.07, 6.45) is 2.74. The molecule has 2 aromatic rings. The summed E-state index contributed by atoms with van der Waals surface area (Å²) in [5, 5.41) is 9.83. The van der Waals surface area contributed by atoms with Crippen LogP contribution in [-0.2, 0) is 6.42 Å². The summed E-state index contributed by atoms with van der Waals surface area (Å²) in [4.78, 5) is 15.6. The summed E-state index contributed by atoms with van der Waals surface area (Å²) in [5.41, 5.74) is 7.49. The molecule has 0 bridgehead atoms. The number of hydrogen-bond acceptors (Lipinski definition) is 3. The number of amides is 1. The lowest BCUT2D eigenvalue weighted by Crippen LogP contribution is -2.15. The molecule has 2 rings (SSSR count). The molecule has 1 amide bonds. The molecule has 1 aromatic carbocycles. The van der Waals surface area contributed by atoms with Gasteiger partial charge in [-0.25, -0.2) is 0 Å². The van der Waals surface area contributed by atoms with Gasteiger partial charge in [-0.2, -0.15) is 0 Å². The van der Waals surface area contributed by atoms with Crippen LogP contribution in [0.4, 0.5) is 0 Å². The minimum Gasteiger partial charge on any atom is -0.396 e. The largest absolute Gasteiger partial charge is 0.396 e. The Morgan fingerprint density at radius 3 is 2.82 bits per heavy atom. The van der Waals surface area contributed by atoms with Crippen LogP contribution in [0.25, 0.3) is 10.9 Å². The molecule has 0 unspecified atom stereocenters. The number of aryl methyl sites for hydroxylation is 1. The van der Waals surface area contributed by atoms with Crippen molar-refractivity contribution in [3.63, 3.8) is 0 Å². The van der Waals surface area contributed by atoms with Gasteiger partial charge < -0.3 is 10.8 Å². The van der Waals surface area contributed by atoms with Gasteiger partial charge in [0.2, 0.25) is 0 Å². The van der Waals surface area contributed by atoms with Crippen LogP contribution in [0.3, 0.4) is 0 Å². The van der Waals surface area contributed by atoms with Gasteiger partial charge >= 0.3 is 0 Å². The van der Waals surface area contributed by atoms with E-state index in [9.17, 15) is 4.79 Å². The summed E-state index contributed by atoms with van der Waals surface area (Å²) < 4.78 is 0. The summed E-state index contributed by atoms with van der Waals surface area (Å²) in [7, 11) is 0. The Kier molecular flexibility index (Phi) is 3.35. The molecule has 1 heterocycles. The monoisotopic (exact) mass is 230 g/mol. The molecule has 88 valence electrons. The Bertz CT molecular complexity index is 552. The van der Waals surface area contributed by atoms with E-state index in [2.05, 4.69) is 4.98 Å². The highest BCUT2D eigenvalue weighted by Gasteiger charge is 2.12. The van der Waals surface area contributed by atoms with E-state index >= 15 is 0 Å². The smallest absolute Gasteiger partial charge is 0.250 e. The average Bonchev–Trinajstić information content (AvgIpc) is 2.35. The fourth-order valence-corrected chi connectivity index (χ4v) is 1.94. The molecule has 0 spiro atoms. The lowest BCUT2D eigenvalue weighted by Gasteiger charge is -2.09. The van der Waals surface area contributed by atoms with E-state index < -0.39 is 5.91 Å². The highest BCUT2D eigenvalue weighted by Crippen LogP contribution is 2.21. The Hall–Kier alpha value is -1.94. The van der Waals surface area contributed by atoms with Gasteiger partial charge in [0.15, 0.2) is 0 Å². The van der Waals surface area contributed by atoms with Crippen LogP contribution in [-0.4, -0.2) is 22.6 Å². The third kappa shape index (κ3) is 2.26. The number of carbonyl (C=O) groups is 1. The van der Waals surface area contributed by atoms with Crippen molar-refractivity contribution in [1.82, 2.24) is 4.98 Å². The average molecular weight is 230 g/mol. The molecule has 4 nitrogen and oxygen atoms in total. The molecule has 0 radical (unpaired) electrons. The minimum atomic E-state index is -0.476. The van der Waals surface area contributed by atoms with Crippen molar-refractivity contribution < 1.29 is 9.90 Å². The van der Waals surface area contributed by atoms with Crippen molar-refractivity contribution in [2.75, 3.05) is 6.61 Å². The van der Waals surface area contributed by atoms with Gasteiger partial charge in [0.25, 0.3) is 5.91 Å². The molecule has 0 atom stereocenters. The van der Waals surface area contributed by atoms with E-state index in [1.165, 1.54) is 6.20 Å². The Balaban J connectivity index is 2.61. The third-order valence-corrected chi connectivity index (χ3v) is 2.74. The van der Waals surface area contributed by atoms with Gasteiger partial charge in [0.1, 0.15) is 0 Å². The zero-order chi connectivity index (χ0) is 12.3. The third-order valence-electron chi connectivity index (χ3n) is 2.74. The van der Waals surface area contributed by atoms with Gasteiger partial charge in [0, 0.05) is 18.2 Å². The first-order chi connectivity index (χ1) is 8.24. The lowest BCUT2D eigenvalue weighted by atomic mass is 9.99. The van der Waals surface area contributed by atoms with Crippen LogP contribution in [0, 0.1) is 0 Å². The van der Waals surface area contributed by atoms with Gasteiger partial charge in [-0.15, -0.1) is 0 Å². The Morgan fingerprint density at radius 1 is 1.35 bits per heavy atom. The zero-order valence-electron chi connectivity index (χ0n) is 9.39. The van der Waals surface area contributed by atoms with Crippen LogP contribution in [0.2, 0.25) is 0 Å². The quantitative estimate of drug-likeness (QED) is 0.830. The molecular formula is C13H14N2O2. The molecule has 1 aromatic heterocycles. The second kappa shape index (κ2) is 4.93. The van der Waals surface area contributed by atoms with Gasteiger partial charge in [-0.05, 0) is 24.5 Å². The van der Waals surface area contributed by atoms with Crippen LogP contribution in [0.1, 0.15) is 22.3 Å². The van der Waals surface area contributed by atoms with E-state index in [0.717, 1.165) is 16.5 Å². The van der Waals surface area contributed by atoms with Crippen LogP contribution >= 0.6 is 0 Å². The van der Waals surface area contributed by atoms with Crippen LogP contribution in [0.15, 0.2) is 30.5 Å². The maximum atomic E-state index is 11.3. The van der Waals surface area contributed by atoms with Gasteiger partial charge in [-0.1, -0.05) is 18.2 Å². The van der Waals surface area contributed by atoms with Crippen molar-refractivity contribution in [1.29, 1.82) is 0 Å². The molecule has 17 heavy (non-hydrogen) atoms. The summed E-state index contributed by atoms with van der Waals surface area (Å²) in [6, 6.07) is 7.61. The first kappa shape index (κ1) is 11.5. The first-order valence-corrected chi connectivity index (χ1v) is 5.51. The molecule has 0 saturated heterocycles. The Morgan fingerprint density at radius 2 is 2.12 bits per heavy atom. The number of nitrogens with two attached hydrogens (primary N) is 1. The number of fused-ring (bicyclic) bond motifs is 1. The van der Waals surface area contributed by atoms with E-state index in [0.29, 0.717) is 18.4 Å². The number of aromatic nitrogens is 1. The number of aliphatic hydroxyl groups is 1. The van der Waals surface area contributed by atoms with Crippen molar-refractivity contribution in [3.05, 3.63) is 41.6 Å². The second-order valence-corrected chi connectivity index (χ2v) is 3.86. The van der Waals surface area contributed by atoms with Crippen LogP contribution < -0.4 is 5.73 Å². The highest BCUT2D eigenvalue weighted by molar-refractivity contribution is 5.99. The molecule has 0 fully saturated rings. The number of para-hydroxylation sites is 1. The fraction of sp³-hybridized carbons (Fsp3) is 0.231. The summed E-state index contributed by atoms with van der Waals surface area (Å²) in [6.45, 7) is 0.0921. The SMILES string of the molecule is NC(=O)c1cnc2ccccc2c1CCCO. The number of primary amides is 1. The number of aliphatic hydroxyl groups excluding tert-OH is 1. The number of rotatable bonds is 4. The zero-order valence-corrected chi connectivity index (χ0v) is 9.39. The minimum absolute atomic E-state index is 0.0921. The van der Waals surface area contributed by atoms with E-state index in [4.69, 9.17) is 10.8 Å². The normalized spacial score (nSPS) is 10.6. The van der Waals surface area contributed by atoms with Crippen LogP contribution in [0.5, 0.6) is 0 Å². The Labute approximate surface area is 99.1 Å². The van der Waals surface area contributed by atoms with E-state index in [-0.39, 0.29) is 6.61 Å². The van der Waals surface area contributed by atoms with E-state index in [1.54, 1.807) is 0 Å². The standard InChI is InChI=1S/C13H14N2O2/c14-13(17)11-8-15-12-6-2-1-4-10(12)9(11)5-3-7-16/h1-2,4,6,8,16H,3,5,7H2,(H2,14,17). The number of carbonyl (C=O) groups excluding carboxylic acids is 1. The molecule has 0 aliphatic heterocycles. The lowest BCUT2D eigenvalue weighted by molar-refractivity contribution is 0.0999. The topological polar surface area (TPSA) is 76.2 Å². The molecule has 4 heteroatoms. The van der Waals surface area contributed by atoms with Gasteiger partial charge in [0.05, 0.1) is 11.1 Å². The van der Waals surface area contributed by atoms with Crippen molar-refractivity contribution >= 4 is 16.8 Å². The summed E-state index contributed by atoms with van der Waals surface area (Å²) in [5.74, 6) is -0.476. The predicted octanol–water partition coefficient (Wildman–Crippen LogP) is 1.26. The summed E-state index contributed by atoms with van der Waals surface area (Å²) >= 11 is 0. The van der Waals surface area contributed by atoms with Crippen molar-refractivity contribution in [2.24, 2.45) is 5.73 Å². The molecule has 0 saturated carbocycles. The molecule has 3 N–H and O–H groups in total. The fourth-order valence-electron chi connectivity index (χ4n) is 1.94. The molecular weight excluding hydrogens is 216 g/mol. The van der Waals surface area contributed by atoms with E-state index in [1.807, 2.05) is 24.3 Å². The molecule has 0 aliphatic carbocycles. The highest BCUT2D eigenvalue weighted by atomic mass is 16.2. The first-order valence-electron chi connectivity index (χ1n) is 5.51. The maximum Gasteiger partial charge on any atom is 0.250 e. The van der Waals surface area contributed by atoms with Crippen molar-refractivity contribution in [2.45, 2.75) is 12.8 Å². The molecule has 0 aliphatic rings. The van der Waals surface area contributed by atoms with Gasteiger partial charge in [-0.3, -0.25) is 9.78 Å². The number of nitrogens with zero attached hydrogens (tertiary/aromatic N) is 1. The predicted molar refractivity (Wildman–Crippen MR) is 65.7 cm³/mol. The number of pyridine rings is 1. The number of hydrogen-bond donors (Lipinski definition) is 2. The maximum absolute atomic E-state index is 11.3. The van der Waals surface area contributed by atoms with Crippen molar-refractivity contribution in [3.8, 4) is 0 Å².